The maximum absolute atomic E-state index is 6.26. The van der Waals surface area contributed by atoms with Crippen LogP contribution in [0.1, 0.15) is 13.3 Å². The Morgan fingerprint density at radius 3 is 2.95 bits per heavy atom. The van der Waals surface area contributed by atoms with E-state index in [9.17, 15) is 0 Å². The number of aromatic nitrogens is 1. The molecule has 1 saturated heterocycles. The lowest BCUT2D eigenvalue weighted by Crippen LogP contribution is -2.22. The number of ether oxygens (including phenoxy) is 1. The third kappa shape index (κ3) is 3.44. The summed E-state index contributed by atoms with van der Waals surface area (Å²) in [7, 11) is 1.74. The minimum absolute atomic E-state index is 0.543. The Labute approximate surface area is 124 Å². The molecule has 0 spiro atoms. The first kappa shape index (κ1) is 14.7. The van der Waals surface area contributed by atoms with Gasteiger partial charge < -0.3 is 15.0 Å². The van der Waals surface area contributed by atoms with Crippen LogP contribution in [0.2, 0.25) is 10.0 Å². The van der Waals surface area contributed by atoms with Crippen molar-refractivity contribution in [2.45, 2.75) is 13.3 Å². The molecule has 0 radical (unpaired) electrons. The molecular weight excluding hydrogens is 285 g/mol. The summed E-state index contributed by atoms with van der Waals surface area (Å²) in [4.78, 5) is 6.75. The third-order valence-electron chi connectivity index (χ3n) is 3.24. The predicted molar refractivity (Wildman–Crippen MR) is 80.6 cm³/mol. The molecule has 0 aliphatic carbocycles. The van der Waals surface area contributed by atoms with E-state index in [0.717, 1.165) is 38.5 Å². The molecule has 0 bridgehead atoms. The second-order valence-electron chi connectivity index (χ2n) is 4.71. The largest absolute Gasteiger partial charge is 0.384 e. The van der Waals surface area contributed by atoms with Crippen molar-refractivity contribution >= 4 is 34.8 Å². The van der Waals surface area contributed by atoms with Gasteiger partial charge in [0.2, 0.25) is 0 Å². The summed E-state index contributed by atoms with van der Waals surface area (Å²) >= 11 is 12.4. The van der Waals surface area contributed by atoms with E-state index in [1.54, 1.807) is 13.2 Å². The number of hydrogen-bond donors (Lipinski definition) is 1. The van der Waals surface area contributed by atoms with Crippen LogP contribution in [0.25, 0.3) is 0 Å². The number of methoxy groups -OCH3 is 1. The Kier molecular flexibility index (Phi) is 5.13. The van der Waals surface area contributed by atoms with Gasteiger partial charge in [-0.25, -0.2) is 4.98 Å². The number of halogens is 2. The molecule has 1 unspecified atom stereocenters. The van der Waals surface area contributed by atoms with Crippen LogP contribution < -0.4 is 10.2 Å². The summed E-state index contributed by atoms with van der Waals surface area (Å²) in [6, 6.07) is 1.76. The van der Waals surface area contributed by atoms with E-state index in [-0.39, 0.29) is 0 Å². The smallest absolute Gasteiger partial charge is 0.149 e. The highest BCUT2D eigenvalue weighted by Crippen LogP contribution is 2.34. The number of nitrogens with zero attached hydrogens (tertiary/aromatic N) is 2. The first-order chi connectivity index (χ1) is 9.15. The standard InChI is InChI=1S/C13H19Cl2N3O/c1-3-16-12-10(14)6-11(15)13(17-12)18-5-4-9(7-18)8-19-2/h6,9H,3-5,7-8H2,1-2H3,(H,16,17). The fourth-order valence-corrected chi connectivity index (χ4v) is 2.91. The van der Waals surface area contributed by atoms with Gasteiger partial charge in [-0.1, -0.05) is 23.2 Å². The van der Waals surface area contributed by atoms with Crippen LogP contribution in [-0.2, 0) is 4.74 Å². The summed E-state index contributed by atoms with van der Waals surface area (Å²) in [5.41, 5.74) is 0. The summed E-state index contributed by atoms with van der Waals surface area (Å²) < 4.78 is 5.21. The van der Waals surface area contributed by atoms with Gasteiger partial charge in [0.05, 0.1) is 16.7 Å². The van der Waals surface area contributed by atoms with E-state index in [1.807, 2.05) is 6.92 Å². The molecule has 6 heteroatoms. The molecule has 1 aliphatic heterocycles. The molecule has 1 atom stereocenters. The Morgan fingerprint density at radius 2 is 2.26 bits per heavy atom. The number of hydrogen-bond acceptors (Lipinski definition) is 4. The van der Waals surface area contributed by atoms with Crippen LogP contribution in [0.4, 0.5) is 11.6 Å². The number of nitrogens with one attached hydrogen (secondary N) is 1. The summed E-state index contributed by atoms with van der Waals surface area (Å²) in [5, 5.41) is 4.31. The fraction of sp³-hybridized carbons (Fsp3) is 0.615. The highest BCUT2D eigenvalue weighted by molar-refractivity contribution is 6.37. The van der Waals surface area contributed by atoms with Crippen molar-refractivity contribution in [1.82, 2.24) is 4.98 Å². The van der Waals surface area contributed by atoms with Crippen molar-refractivity contribution in [3.63, 3.8) is 0 Å². The molecule has 4 nitrogen and oxygen atoms in total. The normalized spacial score (nSPS) is 18.9. The molecule has 1 N–H and O–H groups in total. The second kappa shape index (κ2) is 6.64. The van der Waals surface area contributed by atoms with Crippen LogP contribution in [0.15, 0.2) is 6.07 Å². The Balaban J connectivity index is 2.18. The average Bonchev–Trinajstić information content (AvgIpc) is 2.82. The Bertz CT molecular complexity index is 442. The molecule has 106 valence electrons. The number of rotatable bonds is 5. The SMILES string of the molecule is CCNc1nc(N2CCC(COC)C2)c(Cl)cc1Cl. The molecule has 2 rings (SSSR count). The van der Waals surface area contributed by atoms with Crippen molar-refractivity contribution in [2.75, 3.05) is 43.6 Å². The Morgan fingerprint density at radius 1 is 1.47 bits per heavy atom. The highest BCUT2D eigenvalue weighted by Gasteiger charge is 2.25. The molecule has 0 saturated carbocycles. The molecule has 2 heterocycles. The van der Waals surface area contributed by atoms with E-state index < -0.39 is 0 Å². The minimum atomic E-state index is 0.543. The van der Waals surface area contributed by atoms with Crippen LogP contribution >= 0.6 is 23.2 Å². The van der Waals surface area contributed by atoms with Gasteiger partial charge in [0.25, 0.3) is 0 Å². The van der Waals surface area contributed by atoms with Crippen LogP contribution in [-0.4, -0.2) is 38.3 Å². The molecule has 1 aromatic heterocycles. The first-order valence-electron chi connectivity index (χ1n) is 6.49. The van der Waals surface area contributed by atoms with Gasteiger partial charge in [-0.15, -0.1) is 0 Å². The van der Waals surface area contributed by atoms with Gasteiger partial charge in [-0.2, -0.15) is 0 Å². The molecule has 1 aromatic rings. The zero-order valence-corrected chi connectivity index (χ0v) is 12.8. The number of pyridine rings is 1. The zero-order chi connectivity index (χ0) is 13.8. The van der Waals surface area contributed by atoms with Crippen molar-refractivity contribution in [2.24, 2.45) is 5.92 Å². The predicted octanol–water partition coefficient (Wildman–Crippen LogP) is 3.29. The van der Waals surface area contributed by atoms with Crippen molar-refractivity contribution in [1.29, 1.82) is 0 Å². The number of anilines is 2. The molecule has 1 aliphatic rings. The molecular formula is C13H19Cl2N3O. The lowest BCUT2D eigenvalue weighted by atomic mass is 10.1. The summed E-state index contributed by atoms with van der Waals surface area (Å²) in [5.74, 6) is 2.04. The monoisotopic (exact) mass is 303 g/mol. The molecule has 19 heavy (non-hydrogen) atoms. The van der Waals surface area contributed by atoms with Crippen LogP contribution in [0.5, 0.6) is 0 Å². The maximum Gasteiger partial charge on any atom is 0.149 e. The van der Waals surface area contributed by atoms with Gasteiger partial charge in [-0.05, 0) is 19.4 Å². The van der Waals surface area contributed by atoms with E-state index in [1.165, 1.54) is 0 Å². The van der Waals surface area contributed by atoms with E-state index in [2.05, 4.69) is 15.2 Å². The molecule has 0 amide bonds. The zero-order valence-electron chi connectivity index (χ0n) is 11.2. The van der Waals surface area contributed by atoms with Crippen LogP contribution in [0, 0.1) is 5.92 Å². The van der Waals surface area contributed by atoms with Crippen molar-refractivity contribution in [3.8, 4) is 0 Å². The lowest BCUT2D eigenvalue weighted by molar-refractivity contribution is 0.161. The maximum atomic E-state index is 6.26. The van der Waals surface area contributed by atoms with Gasteiger partial charge in [0, 0.05) is 32.7 Å². The molecule has 1 fully saturated rings. The van der Waals surface area contributed by atoms with Gasteiger partial charge in [0.15, 0.2) is 0 Å². The average molecular weight is 304 g/mol. The first-order valence-corrected chi connectivity index (χ1v) is 7.25. The third-order valence-corrected chi connectivity index (χ3v) is 3.81. The van der Waals surface area contributed by atoms with Crippen molar-refractivity contribution in [3.05, 3.63) is 16.1 Å². The van der Waals surface area contributed by atoms with E-state index in [0.29, 0.717) is 21.8 Å². The van der Waals surface area contributed by atoms with E-state index >= 15 is 0 Å². The topological polar surface area (TPSA) is 37.4 Å². The Hall–Kier alpha value is -0.710. The van der Waals surface area contributed by atoms with E-state index in [4.69, 9.17) is 27.9 Å². The minimum Gasteiger partial charge on any atom is -0.384 e. The summed E-state index contributed by atoms with van der Waals surface area (Å²) in [6.45, 7) is 5.44. The lowest BCUT2D eigenvalue weighted by Gasteiger charge is -2.20. The van der Waals surface area contributed by atoms with Crippen LogP contribution in [0.3, 0.4) is 0 Å². The summed E-state index contributed by atoms with van der Waals surface area (Å²) in [6.07, 6.45) is 1.10. The quantitative estimate of drug-likeness (QED) is 0.906. The second-order valence-corrected chi connectivity index (χ2v) is 5.53. The fourth-order valence-electron chi connectivity index (χ4n) is 2.37. The van der Waals surface area contributed by atoms with Gasteiger partial charge >= 0.3 is 0 Å². The van der Waals surface area contributed by atoms with Gasteiger partial charge in [0.1, 0.15) is 11.6 Å². The molecule has 0 aromatic carbocycles. The highest BCUT2D eigenvalue weighted by atomic mass is 35.5. The van der Waals surface area contributed by atoms with Crippen molar-refractivity contribution < 1.29 is 4.74 Å². The van der Waals surface area contributed by atoms with Gasteiger partial charge in [-0.3, -0.25) is 0 Å².